The van der Waals surface area contributed by atoms with E-state index < -0.39 is 0 Å². The molecule has 0 aromatic carbocycles. The summed E-state index contributed by atoms with van der Waals surface area (Å²) in [5, 5.41) is 1.46. The number of hydrazine groups is 1. The molecule has 17 heavy (non-hydrogen) atoms. The topological polar surface area (TPSA) is 63.8 Å². The molecule has 0 aliphatic carbocycles. The molecule has 88 valence electrons. The zero-order valence-electron chi connectivity index (χ0n) is 8.93. The first-order valence-electron chi connectivity index (χ1n) is 4.95. The Morgan fingerprint density at radius 3 is 2.76 bits per heavy atom. The number of nitrogen functional groups attached to an aromatic ring is 1. The van der Waals surface area contributed by atoms with Crippen LogP contribution in [0.2, 0.25) is 5.02 Å². The molecule has 2 heterocycles. The van der Waals surface area contributed by atoms with Crippen LogP contribution in [-0.4, -0.2) is 9.97 Å². The predicted molar refractivity (Wildman–Crippen MR) is 70.9 cm³/mol. The van der Waals surface area contributed by atoms with Crippen LogP contribution in [-0.2, 0) is 5.75 Å². The first-order chi connectivity index (χ1) is 8.31. The third-order valence-electron chi connectivity index (χ3n) is 2.12. The van der Waals surface area contributed by atoms with Gasteiger partial charge in [0.15, 0.2) is 0 Å². The van der Waals surface area contributed by atoms with Gasteiger partial charge >= 0.3 is 0 Å². The summed E-state index contributed by atoms with van der Waals surface area (Å²) in [4.78, 5) is 8.34. The van der Waals surface area contributed by atoms with Crippen molar-refractivity contribution >= 4 is 29.2 Å². The molecule has 0 radical (unpaired) electrons. The van der Waals surface area contributed by atoms with Gasteiger partial charge in [0, 0.05) is 23.7 Å². The number of anilines is 1. The Hall–Kier alpha value is -1.30. The van der Waals surface area contributed by atoms with E-state index in [4.69, 9.17) is 17.4 Å². The van der Waals surface area contributed by atoms with Crippen molar-refractivity contribution in [1.82, 2.24) is 9.97 Å². The molecule has 0 fully saturated rings. The van der Waals surface area contributed by atoms with Crippen molar-refractivity contribution in [3.05, 3.63) is 47.2 Å². The van der Waals surface area contributed by atoms with Crippen molar-refractivity contribution in [1.29, 1.82) is 0 Å². The molecule has 0 amide bonds. The summed E-state index contributed by atoms with van der Waals surface area (Å²) in [7, 11) is 0. The van der Waals surface area contributed by atoms with E-state index >= 15 is 0 Å². The van der Waals surface area contributed by atoms with Crippen LogP contribution in [0.25, 0.3) is 0 Å². The van der Waals surface area contributed by atoms with E-state index in [9.17, 15) is 0 Å². The summed E-state index contributed by atoms with van der Waals surface area (Å²) in [5.74, 6) is 6.77. The van der Waals surface area contributed by atoms with Crippen LogP contribution < -0.4 is 11.3 Å². The minimum absolute atomic E-state index is 0.656. The zero-order chi connectivity index (χ0) is 12.1. The highest BCUT2D eigenvalue weighted by molar-refractivity contribution is 7.98. The van der Waals surface area contributed by atoms with Gasteiger partial charge in [0.1, 0.15) is 10.8 Å². The van der Waals surface area contributed by atoms with Crippen molar-refractivity contribution in [3.8, 4) is 0 Å². The molecule has 2 rings (SSSR count). The number of pyridine rings is 2. The number of nitrogens with one attached hydrogen (secondary N) is 1. The van der Waals surface area contributed by atoms with Crippen LogP contribution in [0.1, 0.15) is 5.56 Å². The maximum atomic E-state index is 6.02. The van der Waals surface area contributed by atoms with Gasteiger partial charge in [-0.2, -0.15) is 0 Å². The van der Waals surface area contributed by atoms with Crippen molar-refractivity contribution in [2.75, 3.05) is 5.43 Å². The number of halogens is 1. The number of nitrogens with two attached hydrogens (primary N) is 1. The lowest BCUT2D eigenvalue weighted by molar-refractivity contribution is 1.13. The maximum Gasteiger partial charge on any atom is 0.143 e. The first kappa shape index (κ1) is 12.2. The SMILES string of the molecule is NNc1ncccc1CSc1ncccc1Cl. The number of hydrogen-bond donors (Lipinski definition) is 2. The molecule has 6 heteroatoms. The lowest BCUT2D eigenvalue weighted by Gasteiger charge is -2.07. The van der Waals surface area contributed by atoms with Crippen LogP contribution >= 0.6 is 23.4 Å². The van der Waals surface area contributed by atoms with Crippen molar-refractivity contribution in [3.63, 3.8) is 0 Å². The number of aromatic nitrogens is 2. The van der Waals surface area contributed by atoms with Gasteiger partial charge in [0.25, 0.3) is 0 Å². The van der Waals surface area contributed by atoms with Crippen LogP contribution in [0.5, 0.6) is 0 Å². The number of hydrogen-bond acceptors (Lipinski definition) is 5. The molecule has 4 nitrogen and oxygen atoms in total. The molecule has 0 bridgehead atoms. The average molecular weight is 267 g/mol. The predicted octanol–water partition coefficient (Wildman–Crippen LogP) is 2.71. The fourth-order valence-corrected chi connectivity index (χ4v) is 2.46. The number of nitrogens with zero attached hydrogens (tertiary/aromatic N) is 2. The average Bonchev–Trinajstić information content (AvgIpc) is 2.38. The van der Waals surface area contributed by atoms with Crippen LogP contribution in [0, 0.1) is 0 Å². The Balaban J connectivity index is 2.10. The van der Waals surface area contributed by atoms with E-state index in [-0.39, 0.29) is 0 Å². The van der Waals surface area contributed by atoms with Gasteiger partial charge in [0.2, 0.25) is 0 Å². The van der Waals surface area contributed by atoms with Gasteiger partial charge in [0.05, 0.1) is 5.02 Å². The highest BCUT2D eigenvalue weighted by Crippen LogP contribution is 2.28. The summed E-state index contributed by atoms with van der Waals surface area (Å²) in [5.41, 5.74) is 3.58. The molecular weight excluding hydrogens is 256 g/mol. The van der Waals surface area contributed by atoms with Crippen LogP contribution in [0.4, 0.5) is 5.82 Å². The minimum atomic E-state index is 0.656. The number of thioether (sulfide) groups is 1. The summed E-state index contributed by atoms with van der Waals surface area (Å²) in [6, 6.07) is 7.47. The second kappa shape index (κ2) is 5.86. The third kappa shape index (κ3) is 3.09. The molecule has 0 saturated carbocycles. The largest absolute Gasteiger partial charge is 0.308 e. The van der Waals surface area contributed by atoms with E-state index in [2.05, 4.69) is 15.4 Å². The highest BCUT2D eigenvalue weighted by Gasteiger charge is 2.05. The first-order valence-corrected chi connectivity index (χ1v) is 6.31. The lowest BCUT2D eigenvalue weighted by atomic mass is 10.3. The van der Waals surface area contributed by atoms with E-state index in [1.54, 1.807) is 24.2 Å². The Bertz CT molecular complexity index is 506. The molecule has 0 aliphatic rings. The summed E-state index contributed by atoms with van der Waals surface area (Å²) in [6.45, 7) is 0. The van der Waals surface area contributed by atoms with E-state index in [0.29, 0.717) is 16.6 Å². The zero-order valence-corrected chi connectivity index (χ0v) is 10.5. The molecular formula is C11H11ClN4S. The molecule has 2 aromatic rings. The molecule has 2 aromatic heterocycles. The second-order valence-corrected chi connectivity index (χ2v) is 4.61. The Kier molecular flexibility index (Phi) is 4.19. The summed E-state index contributed by atoms with van der Waals surface area (Å²) in [6.07, 6.45) is 3.41. The lowest BCUT2D eigenvalue weighted by Crippen LogP contribution is -2.10. The maximum absolute atomic E-state index is 6.02. The van der Waals surface area contributed by atoms with Gasteiger partial charge in [-0.15, -0.1) is 11.8 Å². The molecule has 0 unspecified atom stereocenters. The second-order valence-electron chi connectivity index (χ2n) is 3.23. The Morgan fingerprint density at radius 1 is 1.24 bits per heavy atom. The third-order valence-corrected chi connectivity index (χ3v) is 3.59. The summed E-state index contributed by atoms with van der Waals surface area (Å²) < 4.78 is 0. The van der Waals surface area contributed by atoms with Gasteiger partial charge in [-0.1, -0.05) is 17.7 Å². The van der Waals surface area contributed by atoms with Crippen LogP contribution in [0.15, 0.2) is 41.7 Å². The molecule has 0 spiro atoms. The van der Waals surface area contributed by atoms with Gasteiger partial charge < -0.3 is 5.43 Å². The highest BCUT2D eigenvalue weighted by atomic mass is 35.5. The molecule has 0 saturated heterocycles. The fourth-order valence-electron chi connectivity index (χ4n) is 1.31. The smallest absolute Gasteiger partial charge is 0.143 e. The van der Waals surface area contributed by atoms with Gasteiger partial charge in [-0.3, -0.25) is 0 Å². The molecule has 0 atom stereocenters. The standard InChI is InChI=1S/C11H11ClN4S/c12-9-4-2-6-15-11(9)17-7-8-3-1-5-14-10(8)16-13/h1-6H,7,13H2,(H,14,16). The Labute approximate surface area is 109 Å². The monoisotopic (exact) mass is 266 g/mol. The molecule has 0 aliphatic heterocycles. The van der Waals surface area contributed by atoms with Crippen molar-refractivity contribution in [2.45, 2.75) is 10.8 Å². The van der Waals surface area contributed by atoms with E-state index in [1.807, 2.05) is 24.3 Å². The quantitative estimate of drug-likeness (QED) is 0.506. The van der Waals surface area contributed by atoms with Gasteiger partial charge in [-0.25, -0.2) is 15.8 Å². The fraction of sp³-hybridized carbons (Fsp3) is 0.0909. The van der Waals surface area contributed by atoms with E-state index in [0.717, 1.165) is 10.6 Å². The Morgan fingerprint density at radius 2 is 2.00 bits per heavy atom. The summed E-state index contributed by atoms with van der Waals surface area (Å²) >= 11 is 7.58. The molecule has 3 N–H and O–H groups in total. The van der Waals surface area contributed by atoms with Crippen molar-refractivity contribution in [2.24, 2.45) is 5.84 Å². The van der Waals surface area contributed by atoms with Crippen molar-refractivity contribution < 1.29 is 0 Å². The van der Waals surface area contributed by atoms with E-state index in [1.165, 1.54) is 0 Å². The van der Waals surface area contributed by atoms with Crippen LogP contribution in [0.3, 0.4) is 0 Å². The normalized spacial score (nSPS) is 10.2. The minimum Gasteiger partial charge on any atom is -0.308 e. The number of rotatable bonds is 4. The van der Waals surface area contributed by atoms with Gasteiger partial charge in [-0.05, 0) is 18.2 Å².